The van der Waals surface area contributed by atoms with Crippen LogP contribution in [-0.2, 0) is 10.1 Å². The van der Waals surface area contributed by atoms with Gasteiger partial charge in [0.25, 0.3) is 5.56 Å². The zero-order valence-corrected chi connectivity index (χ0v) is 15.9. The van der Waals surface area contributed by atoms with E-state index in [1.165, 1.54) is 20.1 Å². The Morgan fingerprint density at radius 1 is 1.04 bits per heavy atom. The SMILES string of the molecule is CCS(=O)(=O)On1c(/C=C/c2ccc(OC)c(OC)c2)cc(C)cc1=O. The van der Waals surface area contributed by atoms with E-state index >= 15 is 0 Å². The first-order chi connectivity index (χ1) is 12.3. The summed E-state index contributed by atoms with van der Waals surface area (Å²) in [5.41, 5.74) is 1.22. The quantitative estimate of drug-likeness (QED) is 0.733. The molecule has 1 aromatic heterocycles. The van der Waals surface area contributed by atoms with Crippen molar-refractivity contribution in [2.45, 2.75) is 13.8 Å². The van der Waals surface area contributed by atoms with E-state index in [9.17, 15) is 13.2 Å². The first kappa shape index (κ1) is 19.6. The van der Waals surface area contributed by atoms with Gasteiger partial charge >= 0.3 is 10.1 Å². The number of hydrogen-bond donors (Lipinski definition) is 0. The average Bonchev–Trinajstić information content (AvgIpc) is 2.62. The van der Waals surface area contributed by atoms with Gasteiger partial charge in [0.15, 0.2) is 11.5 Å². The van der Waals surface area contributed by atoms with Gasteiger partial charge in [-0.3, -0.25) is 9.08 Å². The van der Waals surface area contributed by atoms with E-state index in [0.717, 1.165) is 10.3 Å². The molecule has 0 saturated carbocycles. The summed E-state index contributed by atoms with van der Waals surface area (Å²) in [7, 11) is -0.760. The van der Waals surface area contributed by atoms with Crippen molar-refractivity contribution in [1.82, 2.24) is 4.73 Å². The summed E-state index contributed by atoms with van der Waals surface area (Å²) >= 11 is 0. The summed E-state index contributed by atoms with van der Waals surface area (Å²) in [5, 5.41) is 0. The van der Waals surface area contributed by atoms with Crippen molar-refractivity contribution >= 4 is 22.3 Å². The molecule has 0 bridgehead atoms. The summed E-state index contributed by atoms with van der Waals surface area (Å²) < 4.78 is 39.6. The molecule has 1 aromatic carbocycles. The van der Waals surface area contributed by atoms with Gasteiger partial charge in [0.1, 0.15) is 0 Å². The van der Waals surface area contributed by atoms with Gasteiger partial charge in [-0.15, -0.1) is 4.73 Å². The van der Waals surface area contributed by atoms with Crippen molar-refractivity contribution < 1.29 is 22.2 Å². The van der Waals surface area contributed by atoms with Gasteiger partial charge in [-0.1, -0.05) is 12.1 Å². The zero-order chi connectivity index (χ0) is 19.3. The van der Waals surface area contributed by atoms with Crippen LogP contribution >= 0.6 is 0 Å². The average molecular weight is 379 g/mol. The predicted molar refractivity (Wildman–Crippen MR) is 100.0 cm³/mol. The highest BCUT2D eigenvalue weighted by Crippen LogP contribution is 2.28. The molecular weight excluding hydrogens is 358 g/mol. The monoisotopic (exact) mass is 379 g/mol. The van der Waals surface area contributed by atoms with Crippen LogP contribution in [0.2, 0.25) is 0 Å². The number of hydrogen-bond acceptors (Lipinski definition) is 6. The maximum Gasteiger partial charge on any atom is 0.326 e. The van der Waals surface area contributed by atoms with E-state index in [1.54, 1.807) is 50.5 Å². The van der Waals surface area contributed by atoms with Crippen LogP contribution < -0.4 is 19.3 Å². The molecule has 0 spiro atoms. The maximum absolute atomic E-state index is 12.2. The second-order valence-corrected chi connectivity index (χ2v) is 7.30. The summed E-state index contributed by atoms with van der Waals surface area (Å²) in [6.07, 6.45) is 3.31. The molecule has 0 radical (unpaired) electrons. The van der Waals surface area contributed by atoms with Crippen LogP contribution in [0.1, 0.15) is 23.7 Å². The highest BCUT2D eigenvalue weighted by Gasteiger charge is 2.13. The third-order valence-electron chi connectivity index (χ3n) is 3.56. The van der Waals surface area contributed by atoms with Crippen LogP contribution in [0.25, 0.3) is 12.2 Å². The van der Waals surface area contributed by atoms with Gasteiger partial charge in [0, 0.05) is 6.07 Å². The fraction of sp³-hybridized carbons (Fsp3) is 0.278. The smallest absolute Gasteiger partial charge is 0.326 e. The Kier molecular flexibility index (Phi) is 6.10. The van der Waals surface area contributed by atoms with Crippen LogP contribution in [0.4, 0.5) is 0 Å². The topological polar surface area (TPSA) is 83.8 Å². The van der Waals surface area contributed by atoms with Crippen LogP contribution in [0.3, 0.4) is 0 Å². The van der Waals surface area contributed by atoms with Crippen molar-refractivity contribution in [3.8, 4) is 11.5 Å². The number of benzene rings is 1. The van der Waals surface area contributed by atoms with Gasteiger partial charge in [0.05, 0.1) is 25.7 Å². The molecule has 0 aliphatic heterocycles. The fourth-order valence-corrected chi connectivity index (χ4v) is 2.71. The number of nitrogens with zero attached hydrogens (tertiary/aromatic N) is 1. The number of pyridine rings is 1. The molecule has 0 unspecified atom stereocenters. The van der Waals surface area contributed by atoms with Crippen LogP contribution in [0, 0.1) is 6.92 Å². The molecule has 0 aliphatic carbocycles. The first-order valence-corrected chi connectivity index (χ1v) is 9.44. The van der Waals surface area contributed by atoms with E-state index in [0.29, 0.717) is 22.8 Å². The molecule has 26 heavy (non-hydrogen) atoms. The third-order valence-corrected chi connectivity index (χ3v) is 4.64. The number of aromatic nitrogens is 1. The molecule has 7 nitrogen and oxygen atoms in total. The highest BCUT2D eigenvalue weighted by atomic mass is 32.2. The van der Waals surface area contributed by atoms with Gasteiger partial charge in [-0.25, -0.2) is 0 Å². The highest BCUT2D eigenvalue weighted by molar-refractivity contribution is 7.86. The molecule has 0 saturated heterocycles. The zero-order valence-electron chi connectivity index (χ0n) is 15.1. The lowest BCUT2D eigenvalue weighted by atomic mass is 10.1. The van der Waals surface area contributed by atoms with E-state index < -0.39 is 15.7 Å². The Bertz CT molecular complexity index is 976. The summed E-state index contributed by atoms with van der Waals surface area (Å²) in [5.74, 6) is 0.905. The van der Waals surface area contributed by atoms with Crippen molar-refractivity contribution in [1.29, 1.82) is 0 Å². The minimum atomic E-state index is -3.84. The van der Waals surface area contributed by atoms with Crippen molar-refractivity contribution in [3.63, 3.8) is 0 Å². The fourth-order valence-electron chi connectivity index (χ4n) is 2.21. The molecule has 2 aromatic rings. The Balaban J connectivity index is 2.46. The summed E-state index contributed by atoms with van der Waals surface area (Å²) in [4.78, 5) is 12.2. The number of rotatable bonds is 7. The molecule has 0 fully saturated rings. The molecule has 0 atom stereocenters. The lowest BCUT2D eigenvalue weighted by Crippen LogP contribution is -2.33. The van der Waals surface area contributed by atoms with Crippen LogP contribution in [0.5, 0.6) is 11.5 Å². The second kappa shape index (κ2) is 8.09. The Hall–Kier alpha value is -2.74. The normalized spacial score (nSPS) is 11.5. The lowest BCUT2D eigenvalue weighted by molar-refractivity contribution is 0.265. The van der Waals surface area contributed by atoms with Crippen molar-refractivity contribution in [2.75, 3.05) is 20.0 Å². The first-order valence-electron chi connectivity index (χ1n) is 7.86. The maximum atomic E-state index is 12.2. The minimum Gasteiger partial charge on any atom is -0.493 e. The minimum absolute atomic E-state index is 0.244. The molecule has 2 rings (SSSR count). The lowest BCUT2D eigenvalue weighted by Gasteiger charge is -2.11. The molecule has 140 valence electrons. The number of methoxy groups -OCH3 is 2. The molecule has 0 amide bonds. The van der Waals surface area contributed by atoms with E-state index in [1.807, 2.05) is 0 Å². The Morgan fingerprint density at radius 3 is 2.35 bits per heavy atom. The van der Waals surface area contributed by atoms with Gasteiger partial charge in [-0.2, -0.15) is 8.42 Å². The van der Waals surface area contributed by atoms with E-state index in [2.05, 4.69) is 0 Å². The van der Waals surface area contributed by atoms with Gasteiger partial charge < -0.3 is 9.47 Å². The summed E-state index contributed by atoms with van der Waals surface area (Å²) in [6, 6.07) is 8.28. The van der Waals surface area contributed by atoms with Crippen molar-refractivity contribution in [2.24, 2.45) is 0 Å². The second-order valence-electron chi connectivity index (χ2n) is 5.46. The Morgan fingerprint density at radius 2 is 1.73 bits per heavy atom. The third kappa shape index (κ3) is 4.66. The van der Waals surface area contributed by atoms with Gasteiger partial charge in [0.2, 0.25) is 0 Å². The molecule has 0 aliphatic rings. The molecule has 8 heteroatoms. The van der Waals surface area contributed by atoms with E-state index in [4.69, 9.17) is 13.8 Å². The molecule has 1 heterocycles. The largest absolute Gasteiger partial charge is 0.493 e. The molecular formula is C18H21NO6S. The summed E-state index contributed by atoms with van der Waals surface area (Å²) in [6.45, 7) is 3.18. The standard InChI is InChI=1S/C18H21NO6S/c1-5-26(21,22)25-19-15(10-13(2)11-18(19)20)8-6-14-7-9-16(23-3)17(12-14)24-4/h6-12H,5H2,1-4H3/b8-6+. The van der Waals surface area contributed by atoms with E-state index in [-0.39, 0.29) is 5.75 Å². The number of aryl methyl sites for hydroxylation is 1. The molecule has 0 N–H and O–H groups in total. The van der Waals surface area contributed by atoms with Crippen molar-refractivity contribution in [3.05, 3.63) is 57.5 Å². The predicted octanol–water partition coefficient (Wildman–Crippen LogP) is 2.12. The van der Waals surface area contributed by atoms with Gasteiger partial charge in [-0.05, 0) is 49.2 Å². The Labute approximate surface area is 152 Å². The van der Waals surface area contributed by atoms with Crippen LogP contribution in [0.15, 0.2) is 35.1 Å². The number of ether oxygens (including phenoxy) is 2. The van der Waals surface area contributed by atoms with Crippen LogP contribution in [-0.4, -0.2) is 33.1 Å².